The first-order valence-corrected chi connectivity index (χ1v) is 7.31. The van der Waals surface area contributed by atoms with Crippen molar-refractivity contribution in [2.24, 2.45) is 11.7 Å². The molecular weight excluding hydrogens is 210 g/mol. The normalized spacial score (nSPS) is 36.4. The highest BCUT2D eigenvalue weighted by Crippen LogP contribution is 2.25. The smallest absolute Gasteiger partial charge is 0.0217 e. The fourth-order valence-electron chi connectivity index (χ4n) is 3.41. The van der Waals surface area contributed by atoms with Crippen molar-refractivity contribution >= 4 is 0 Å². The lowest BCUT2D eigenvalue weighted by Gasteiger charge is -2.39. The molecule has 1 saturated heterocycles. The number of rotatable bonds is 3. The van der Waals surface area contributed by atoms with Crippen molar-refractivity contribution < 1.29 is 0 Å². The third-order valence-electron chi connectivity index (χ3n) is 4.67. The predicted octanol–water partition coefficient (Wildman–Crippen LogP) is 1.53. The lowest BCUT2D eigenvalue weighted by Crippen LogP contribution is -2.49. The van der Waals surface area contributed by atoms with E-state index in [9.17, 15) is 0 Å². The summed E-state index contributed by atoms with van der Waals surface area (Å²) in [6.45, 7) is 3.77. The van der Waals surface area contributed by atoms with Gasteiger partial charge >= 0.3 is 0 Å². The Morgan fingerprint density at radius 1 is 1.12 bits per heavy atom. The first kappa shape index (κ1) is 13.3. The molecule has 3 nitrogen and oxygen atoms in total. The molecule has 1 saturated carbocycles. The largest absolute Gasteiger partial charge is 0.327 e. The average molecular weight is 239 g/mol. The molecule has 17 heavy (non-hydrogen) atoms. The standard InChI is InChI=1S/C14H29N3/c1-16(2)13-7-5-9-17(11-13)10-12-6-3-4-8-14(12)15/h12-14H,3-11,15H2,1-2H3. The molecule has 0 aromatic rings. The third-order valence-corrected chi connectivity index (χ3v) is 4.67. The van der Waals surface area contributed by atoms with Crippen LogP contribution >= 0.6 is 0 Å². The Balaban J connectivity index is 1.81. The molecule has 0 spiro atoms. The van der Waals surface area contributed by atoms with Gasteiger partial charge in [-0.2, -0.15) is 0 Å². The summed E-state index contributed by atoms with van der Waals surface area (Å²) in [6.07, 6.45) is 8.05. The van der Waals surface area contributed by atoms with Gasteiger partial charge in [-0.1, -0.05) is 12.8 Å². The maximum absolute atomic E-state index is 6.25. The lowest BCUT2D eigenvalue weighted by atomic mass is 9.84. The summed E-state index contributed by atoms with van der Waals surface area (Å²) in [6, 6.07) is 1.21. The Labute approximate surface area is 106 Å². The number of nitrogens with two attached hydrogens (primary N) is 1. The average Bonchev–Trinajstić information content (AvgIpc) is 2.32. The lowest BCUT2D eigenvalue weighted by molar-refractivity contribution is 0.104. The number of piperidine rings is 1. The minimum absolute atomic E-state index is 0.462. The van der Waals surface area contributed by atoms with Crippen molar-refractivity contribution in [3.05, 3.63) is 0 Å². The number of hydrogen-bond acceptors (Lipinski definition) is 3. The molecular formula is C14H29N3. The van der Waals surface area contributed by atoms with Crippen LogP contribution in [0.5, 0.6) is 0 Å². The van der Waals surface area contributed by atoms with Gasteiger partial charge in [-0.05, 0) is 52.2 Å². The summed E-state index contributed by atoms with van der Waals surface area (Å²) in [4.78, 5) is 5.04. The molecule has 0 amide bonds. The van der Waals surface area contributed by atoms with Gasteiger partial charge < -0.3 is 15.5 Å². The van der Waals surface area contributed by atoms with Crippen LogP contribution < -0.4 is 5.73 Å². The van der Waals surface area contributed by atoms with E-state index in [0.717, 1.165) is 12.0 Å². The van der Waals surface area contributed by atoms with Crippen molar-refractivity contribution in [3.8, 4) is 0 Å². The SMILES string of the molecule is CN(C)C1CCCN(CC2CCCCC2N)C1. The molecule has 2 N–H and O–H groups in total. The number of likely N-dealkylation sites (N-methyl/N-ethyl adjacent to an activating group) is 1. The van der Waals surface area contributed by atoms with Gasteiger partial charge in [-0.15, -0.1) is 0 Å². The van der Waals surface area contributed by atoms with E-state index < -0.39 is 0 Å². The van der Waals surface area contributed by atoms with E-state index in [1.54, 1.807) is 0 Å². The molecule has 3 unspecified atom stereocenters. The second-order valence-electron chi connectivity index (χ2n) is 6.23. The van der Waals surface area contributed by atoms with Crippen LogP contribution in [-0.4, -0.2) is 55.6 Å². The van der Waals surface area contributed by atoms with Crippen LogP contribution in [0.15, 0.2) is 0 Å². The van der Waals surface area contributed by atoms with Gasteiger partial charge in [-0.3, -0.25) is 0 Å². The van der Waals surface area contributed by atoms with E-state index in [0.29, 0.717) is 6.04 Å². The highest BCUT2D eigenvalue weighted by molar-refractivity contribution is 4.84. The maximum atomic E-state index is 6.25. The van der Waals surface area contributed by atoms with Gasteiger partial charge in [0.05, 0.1) is 0 Å². The monoisotopic (exact) mass is 239 g/mol. The van der Waals surface area contributed by atoms with Gasteiger partial charge in [0.1, 0.15) is 0 Å². The second-order valence-corrected chi connectivity index (χ2v) is 6.23. The zero-order chi connectivity index (χ0) is 12.3. The summed E-state index contributed by atoms with van der Waals surface area (Å²) in [5, 5.41) is 0. The van der Waals surface area contributed by atoms with Gasteiger partial charge in [0, 0.05) is 25.2 Å². The minimum Gasteiger partial charge on any atom is -0.327 e. The van der Waals surface area contributed by atoms with Crippen molar-refractivity contribution in [2.75, 3.05) is 33.7 Å². The summed E-state index contributed by atoms with van der Waals surface area (Å²) >= 11 is 0. The molecule has 2 fully saturated rings. The fourth-order valence-corrected chi connectivity index (χ4v) is 3.41. The van der Waals surface area contributed by atoms with Crippen LogP contribution in [0, 0.1) is 5.92 Å². The van der Waals surface area contributed by atoms with Gasteiger partial charge in [-0.25, -0.2) is 0 Å². The number of likely N-dealkylation sites (tertiary alicyclic amines) is 1. The quantitative estimate of drug-likeness (QED) is 0.811. The molecule has 1 aliphatic carbocycles. The Bertz CT molecular complexity index is 230. The van der Waals surface area contributed by atoms with Crippen molar-refractivity contribution in [1.29, 1.82) is 0 Å². The Morgan fingerprint density at radius 3 is 2.59 bits per heavy atom. The van der Waals surface area contributed by atoms with Crippen molar-refractivity contribution in [2.45, 2.75) is 50.6 Å². The molecule has 1 aliphatic heterocycles. The Kier molecular flexibility index (Phi) is 4.83. The Hall–Kier alpha value is -0.120. The van der Waals surface area contributed by atoms with Crippen LogP contribution in [0.2, 0.25) is 0 Å². The second kappa shape index (κ2) is 6.17. The van der Waals surface area contributed by atoms with Crippen LogP contribution in [0.4, 0.5) is 0 Å². The summed E-state index contributed by atoms with van der Waals surface area (Å²) in [7, 11) is 4.42. The number of hydrogen-bond donors (Lipinski definition) is 1. The molecule has 0 aromatic carbocycles. The first-order valence-electron chi connectivity index (χ1n) is 7.31. The minimum atomic E-state index is 0.462. The molecule has 3 atom stereocenters. The van der Waals surface area contributed by atoms with Crippen molar-refractivity contribution in [1.82, 2.24) is 9.80 Å². The van der Waals surface area contributed by atoms with Crippen LogP contribution in [0.3, 0.4) is 0 Å². The topological polar surface area (TPSA) is 32.5 Å². The van der Waals surface area contributed by atoms with E-state index >= 15 is 0 Å². The Morgan fingerprint density at radius 2 is 1.88 bits per heavy atom. The molecule has 1 heterocycles. The van der Waals surface area contributed by atoms with E-state index in [2.05, 4.69) is 23.9 Å². The van der Waals surface area contributed by atoms with Gasteiger partial charge in [0.25, 0.3) is 0 Å². The third kappa shape index (κ3) is 3.67. The molecule has 2 rings (SSSR count). The summed E-state index contributed by atoms with van der Waals surface area (Å²) in [5.41, 5.74) is 6.25. The molecule has 0 radical (unpaired) electrons. The molecule has 0 aromatic heterocycles. The zero-order valence-electron chi connectivity index (χ0n) is 11.6. The van der Waals surface area contributed by atoms with E-state index in [4.69, 9.17) is 5.73 Å². The maximum Gasteiger partial charge on any atom is 0.0217 e. The zero-order valence-corrected chi connectivity index (χ0v) is 11.6. The molecule has 2 aliphatic rings. The summed E-state index contributed by atoms with van der Waals surface area (Å²) in [5.74, 6) is 0.754. The predicted molar refractivity (Wildman–Crippen MR) is 73.1 cm³/mol. The molecule has 0 bridgehead atoms. The molecule has 100 valence electrons. The number of nitrogens with zero attached hydrogens (tertiary/aromatic N) is 2. The molecule has 3 heteroatoms. The van der Waals surface area contributed by atoms with Crippen LogP contribution in [-0.2, 0) is 0 Å². The first-order chi connectivity index (χ1) is 8.16. The van der Waals surface area contributed by atoms with E-state index in [1.165, 1.54) is 58.2 Å². The van der Waals surface area contributed by atoms with Gasteiger partial charge in [0.2, 0.25) is 0 Å². The van der Waals surface area contributed by atoms with Gasteiger partial charge in [0.15, 0.2) is 0 Å². The van der Waals surface area contributed by atoms with Crippen LogP contribution in [0.1, 0.15) is 38.5 Å². The van der Waals surface area contributed by atoms with Crippen LogP contribution in [0.25, 0.3) is 0 Å². The van der Waals surface area contributed by atoms with E-state index in [-0.39, 0.29) is 0 Å². The summed E-state index contributed by atoms with van der Waals surface area (Å²) < 4.78 is 0. The highest BCUT2D eigenvalue weighted by atomic mass is 15.2. The highest BCUT2D eigenvalue weighted by Gasteiger charge is 2.27. The van der Waals surface area contributed by atoms with E-state index in [1.807, 2.05) is 0 Å². The van der Waals surface area contributed by atoms with Crippen molar-refractivity contribution in [3.63, 3.8) is 0 Å². The fraction of sp³-hybridized carbons (Fsp3) is 1.00.